The number of hydrogen-bond acceptors (Lipinski definition) is 4. The Kier molecular flexibility index (Phi) is 6.08. The highest BCUT2D eigenvalue weighted by Gasteiger charge is 2.45. The summed E-state index contributed by atoms with van der Waals surface area (Å²) in [5, 5.41) is 13.0. The van der Waals surface area contributed by atoms with Crippen LogP contribution in [0.4, 0.5) is 15.8 Å². The van der Waals surface area contributed by atoms with Crippen molar-refractivity contribution < 1.29 is 27.8 Å². The molecule has 2 aliphatic rings. The molecule has 0 saturated heterocycles. The number of carboxylic acids is 1. The number of benzene rings is 2. The minimum Gasteiger partial charge on any atom is -0.492 e. The summed E-state index contributed by atoms with van der Waals surface area (Å²) in [5.74, 6) is -0.867. The Balaban J connectivity index is 1.84. The second kappa shape index (κ2) is 8.78. The van der Waals surface area contributed by atoms with Crippen molar-refractivity contribution in [1.29, 1.82) is 0 Å². The standard InChI is InChI=1S/C22H23FN2O5S/c1-2-24-9-3-4-13-10-15(23)5-7-18(13)25(31(28)29)19-8-6-16-17-11-14(17)12-30-21(16)20(19)22(26)27/h3-8,10,14,17,24H,2,9,11-12H2,1H3,(H,26,27)(H,28,29)/t14-,17-/m1/s1. The Bertz CT molecular complexity index is 1070. The van der Waals surface area contributed by atoms with Gasteiger partial charge in [0.25, 0.3) is 11.3 Å². The van der Waals surface area contributed by atoms with Crippen molar-refractivity contribution in [1.82, 2.24) is 5.32 Å². The normalized spacial score (nSPS) is 20.0. The summed E-state index contributed by atoms with van der Waals surface area (Å²) in [5.41, 5.74) is 1.21. The third kappa shape index (κ3) is 4.21. The van der Waals surface area contributed by atoms with Crippen LogP contribution < -0.4 is 14.4 Å². The zero-order valence-corrected chi connectivity index (χ0v) is 17.7. The van der Waals surface area contributed by atoms with E-state index in [-0.39, 0.29) is 28.6 Å². The van der Waals surface area contributed by atoms with Crippen molar-refractivity contribution in [2.45, 2.75) is 19.3 Å². The molecule has 0 amide bonds. The van der Waals surface area contributed by atoms with Gasteiger partial charge < -0.3 is 15.2 Å². The Morgan fingerprint density at radius 1 is 1.35 bits per heavy atom. The van der Waals surface area contributed by atoms with Crippen LogP contribution in [0, 0.1) is 11.7 Å². The summed E-state index contributed by atoms with van der Waals surface area (Å²) in [6, 6.07) is 7.04. The molecule has 1 aliphatic carbocycles. The highest BCUT2D eigenvalue weighted by atomic mass is 32.2. The maximum Gasteiger partial charge on any atom is 0.341 e. The van der Waals surface area contributed by atoms with Gasteiger partial charge in [0.05, 0.1) is 18.0 Å². The maximum atomic E-state index is 13.9. The number of nitrogens with zero attached hydrogens (tertiary/aromatic N) is 1. The second-order valence-electron chi connectivity index (χ2n) is 7.53. The predicted octanol–water partition coefficient (Wildman–Crippen LogP) is 3.92. The summed E-state index contributed by atoms with van der Waals surface area (Å²) >= 11 is -2.61. The Labute approximate surface area is 181 Å². The SMILES string of the molecule is CCNCC=Cc1cc(F)ccc1N(c1ccc2c(c1C(=O)O)OC[C@H]1C[C@@H]21)S(=O)O. The number of carboxylic acid groups (broad SMARTS) is 1. The van der Waals surface area contributed by atoms with Crippen LogP contribution in [-0.2, 0) is 11.3 Å². The number of nitrogens with one attached hydrogen (secondary N) is 1. The molecule has 1 fully saturated rings. The minimum atomic E-state index is -2.61. The van der Waals surface area contributed by atoms with E-state index in [1.54, 1.807) is 18.2 Å². The molecule has 31 heavy (non-hydrogen) atoms. The van der Waals surface area contributed by atoms with E-state index in [4.69, 9.17) is 4.74 Å². The molecule has 3 N–H and O–H groups in total. The fraction of sp³-hybridized carbons (Fsp3) is 0.318. The molecule has 0 aromatic heterocycles. The molecule has 164 valence electrons. The molecule has 3 atom stereocenters. The summed E-state index contributed by atoms with van der Waals surface area (Å²) in [4.78, 5) is 12.2. The molecule has 1 saturated carbocycles. The summed E-state index contributed by atoms with van der Waals surface area (Å²) in [6.45, 7) is 3.67. The molecule has 2 aromatic rings. The molecule has 0 spiro atoms. The zero-order chi connectivity index (χ0) is 22.1. The molecular formula is C22H23FN2O5S. The summed E-state index contributed by atoms with van der Waals surface area (Å²) in [6.07, 6.45) is 4.34. The fourth-order valence-corrected chi connectivity index (χ4v) is 4.63. The van der Waals surface area contributed by atoms with Crippen molar-refractivity contribution in [3.63, 3.8) is 0 Å². The lowest BCUT2D eigenvalue weighted by Gasteiger charge is -2.27. The van der Waals surface area contributed by atoms with Gasteiger partial charge in [-0.25, -0.2) is 17.7 Å². The van der Waals surface area contributed by atoms with Gasteiger partial charge in [-0.05, 0) is 48.7 Å². The second-order valence-corrected chi connectivity index (χ2v) is 8.36. The van der Waals surface area contributed by atoms with Gasteiger partial charge in [0.1, 0.15) is 17.1 Å². The summed E-state index contributed by atoms with van der Waals surface area (Å²) in [7, 11) is 0. The van der Waals surface area contributed by atoms with Crippen molar-refractivity contribution in [3.8, 4) is 5.75 Å². The van der Waals surface area contributed by atoms with E-state index in [1.165, 1.54) is 24.3 Å². The van der Waals surface area contributed by atoms with Gasteiger partial charge in [-0.1, -0.05) is 25.1 Å². The van der Waals surface area contributed by atoms with Gasteiger partial charge in [0.15, 0.2) is 0 Å². The number of halogens is 1. The molecule has 1 heterocycles. The molecule has 0 bridgehead atoms. The highest BCUT2D eigenvalue weighted by Crippen LogP contribution is 2.56. The van der Waals surface area contributed by atoms with Crippen molar-refractivity contribution in [3.05, 3.63) is 58.9 Å². The third-order valence-electron chi connectivity index (χ3n) is 5.54. The topological polar surface area (TPSA) is 99.1 Å². The average Bonchev–Trinajstić information content (AvgIpc) is 3.52. The molecule has 4 rings (SSSR count). The van der Waals surface area contributed by atoms with Gasteiger partial charge >= 0.3 is 5.97 Å². The molecule has 2 aromatic carbocycles. The van der Waals surface area contributed by atoms with Crippen molar-refractivity contribution in [2.24, 2.45) is 5.92 Å². The van der Waals surface area contributed by atoms with Crippen LogP contribution in [0.2, 0.25) is 0 Å². The first-order valence-corrected chi connectivity index (χ1v) is 11.1. The number of aromatic carboxylic acids is 1. The molecule has 0 radical (unpaired) electrons. The van der Waals surface area contributed by atoms with Crippen LogP contribution >= 0.6 is 0 Å². The molecule has 9 heteroatoms. The number of rotatable bonds is 8. The van der Waals surface area contributed by atoms with Crippen LogP contribution in [0.1, 0.15) is 40.7 Å². The maximum absolute atomic E-state index is 13.9. The number of likely N-dealkylation sites (N-methyl/N-ethyl adjacent to an activating group) is 1. The molecular weight excluding hydrogens is 423 g/mol. The molecule has 1 unspecified atom stereocenters. The van der Waals surface area contributed by atoms with Crippen LogP contribution in [-0.4, -0.2) is 39.5 Å². The lowest BCUT2D eigenvalue weighted by Crippen LogP contribution is -2.24. The Morgan fingerprint density at radius 3 is 2.84 bits per heavy atom. The van der Waals surface area contributed by atoms with Crippen LogP contribution in [0.25, 0.3) is 6.08 Å². The Hall–Kier alpha value is -2.75. The third-order valence-corrected chi connectivity index (χ3v) is 6.24. The monoisotopic (exact) mass is 446 g/mol. The van der Waals surface area contributed by atoms with Gasteiger partial charge in [-0.2, -0.15) is 0 Å². The van der Waals surface area contributed by atoms with Gasteiger partial charge in [0, 0.05) is 18.0 Å². The van der Waals surface area contributed by atoms with Crippen LogP contribution in [0.15, 0.2) is 36.4 Å². The number of anilines is 2. The molecule has 1 aliphatic heterocycles. The fourth-order valence-electron chi connectivity index (χ4n) is 3.97. The van der Waals surface area contributed by atoms with E-state index >= 15 is 0 Å². The van der Waals surface area contributed by atoms with E-state index in [9.17, 15) is 23.1 Å². The van der Waals surface area contributed by atoms with E-state index in [0.29, 0.717) is 24.6 Å². The van der Waals surface area contributed by atoms with Gasteiger partial charge in [-0.15, -0.1) is 0 Å². The minimum absolute atomic E-state index is 0.0131. The van der Waals surface area contributed by atoms with E-state index in [1.807, 2.05) is 6.92 Å². The number of ether oxygens (including phenoxy) is 1. The molecule has 7 nitrogen and oxygen atoms in total. The lowest BCUT2D eigenvalue weighted by atomic mass is 9.99. The number of carbonyl (C=O) groups is 1. The van der Waals surface area contributed by atoms with Crippen LogP contribution in [0.3, 0.4) is 0 Å². The first kappa shape index (κ1) is 21.5. The first-order valence-electron chi connectivity index (χ1n) is 10.0. The van der Waals surface area contributed by atoms with Crippen molar-refractivity contribution in [2.75, 3.05) is 24.0 Å². The Morgan fingerprint density at radius 2 is 2.13 bits per heavy atom. The smallest absolute Gasteiger partial charge is 0.341 e. The highest BCUT2D eigenvalue weighted by molar-refractivity contribution is 7.81. The largest absolute Gasteiger partial charge is 0.492 e. The lowest BCUT2D eigenvalue weighted by molar-refractivity contribution is 0.0692. The summed E-state index contributed by atoms with van der Waals surface area (Å²) < 4.78 is 43.2. The predicted molar refractivity (Wildman–Crippen MR) is 117 cm³/mol. The van der Waals surface area contributed by atoms with Crippen LogP contribution in [0.5, 0.6) is 5.75 Å². The quantitative estimate of drug-likeness (QED) is 0.420. The zero-order valence-electron chi connectivity index (χ0n) is 16.9. The van der Waals surface area contributed by atoms with E-state index in [0.717, 1.165) is 22.8 Å². The number of hydrogen-bond donors (Lipinski definition) is 3. The van der Waals surface area contributed by atoms with Gasteiger partial charge in [-0.3, -0.25) is 4.55 Å². The average molecular weight is 447 g/mol. The first-order chi connectivity index (χ1) is 14.9. The van der Waals surface area contributed by atoms with E-state index < -0.39 is 23.1 Å². The number of fused-ring (bicyclic) bond motifs is 3. The van der Waals surface area contributed by atoms with Crippen molar-refractivity contribution >= 4 is 34.7 Å². The van der Waals surface area contributed by atoms with Gasteiger partial charge in [0.2, 0.25) is 0 Å². The van der Waals surface area contributed by atoms with E-state index in [2.05, 4.69) is 5.32 Å².